The van der Waals surface area contributed by atoms with Gasteiger partial charge in [0.2, 0.25) is 0 Å². The summed E-state index contributed by atoms with van der Waals surface area (Å²) in [4.78, 5) is 16.1. The Morgan fingerprint density at radius 1 is 1.39 bits per heavy atom. The maximum Gasteiger partial charge on any atom is 0.299 e. The number of hydrogen-bond donors (Lipinski definition) is 0. The lowest BCUT2D eigenvalue weighted by molar-refractivity contribution is 0.350. The van der Waals surface area contributed by atoms with Crippen LogP contribution >= 0.6 is 15.9 Å². The van der Waals surface area contributed by atoms with E-state index in [1.54, 1.807) is 6.92 Å². The van der Waals surface area contributed by atoms with E-state index in [-0.39, 0.29) is 5.56 Å². The van der Waals surface area contributed by atoms with Crippen LogP contribution in [0.1, 0.15) is 11.3 Å². The predicted octanol–water partition coefficient (Wildman–Crippen LogP) is 2.37. The van der Waals surface area contributed by atoms with Crippen LogP contribution in [0.15, 0.2) is 39.6 Å². The molecule has 4 nitrogen and oxygen atoms in total. The highest BCUT2D eigenvalue weighted by Gasteiger charge is 2.08. The van der Waals surface area contributed by atoms with Crippen molar-refractivity contribution in [3.63, 3.8) is 0 Å². The Bertz CT molecular complexity index is 623. The highest BCUT2D eigenvalue weighted by atomic mass is 79.9. The van der Waals surface area contributed by atoms with Crippen LogP contribution in [0.4, 0.5) is 0 Å². The van der Waals surface area contributed by atoms with Crippen LogP contribution in [0.25, 0.3) is 0 Å². The van der Waals surface area contributed by atoms with E-state index in [4.69, 9.17) is 4.74 Å². The fourth-order valence-electron chi connectivity index (χ4n) is 1.71. The van der Waals surface area contributed by atoms with Gasteiger partial charge < -0.3 is 4.74 Å². The molecule has 0 saturated heterocycles. The zero-order valence-corrected chi connectivity index (χ0v) is 11.8. The molecule has 1 heterocycles. The SMILES string of the molecule is COc1nc(C)cc(=O)n1Cc1cccc(Br)c1. The van der Waals surface area contributed by atoms with Crippen LogP contribution < -0.4 is 10.3 Å². The molecule has 1 aromatic heterocycles. The third-order valence-corrected chi connectivity index (χ3v) is 3.01. The van der Waals surface area contributed by atoms with Crippen molar-refractivity contribution in [2.75, 3.05) is 7.11 Å². The Hall–Kier alpha value is -1.62. The lowest BCUT2D eigenvalue weighted by Gasteiger charge is -2.11. The van der Waals surface area contributed by atoms with Crippen molar-refractivity contribution in [2.45, 2.75) is 13.5 Å². The third-order valence-electron chi connectivity index (χ3n) is 2.51. The normalized spacial score (nSPS) is 10.4. The Balaban J connectivity index is 2.43. The monoisotopic (exact) mass is 308 g/mol. The largest absolute Gasteiger partial charge is 0.468 e. The fraction of sp³-hybridized carbons (Fsp3) is 0.231. The second-order valence-corrected chi connectivity index (χ2v) is 4.85. The maximum absolute atomic E-state index is 11.9. The van der Waals surface area contributed by atoms with Gasteiger partial charge in [-0.25, -0.2) is 4.98 Å². The van der Waals surface area contributed by atoms with Gasteiger partial charge >= 0.3 is 0 Å². The van der Waals surface area contributed by atoms with E-state index in [2.05, 4.69) is 20.9 Å². The van der Waals surface area contributed by atoms with Crippen molar-refractivity contribution >= 4 is 15.9 Å². The minimum absolute atomic E-state index is 0.112. The van der Waals surface area contributed by atoms with Crippen molar-refractivity contribution in [1.82, 2.24) is 9.55 Å². The molecule has 0 bridgehead atoms. The van der Waals surface area contributed by atoms with E-state index in [9.17, 15) is 4.79 Å². The van der Waals surface area contributed by atoms with Crippen LogP contribution in [0, 0.1) is 6.92 Å². The second kappa shape index (κ2) is 5.35. The summed E-state index contributed by atoms with van der Waals surface area (Å²) in [7, 11) is 1.51. The van der Waals surface area contributed by atoms with Crippen LogP contribution in [-0.4, -0.2) is 16.7 Å². The van der Waals surface area contributed by atoms with E-state index in [1.807, 2.05) is 24.3 Å². The number of hydrogen-bond acceptors (Lipinski definition) is 3. The molecule has 0 saturated carbocycles. The number of halogens is 1. The Morgan fingerprint density at radius 2 is 2.17 bits per heavy atom. The quantitative estimate of drug-likeness (QED) is 0.874. The summed E-state index contributed by atoms with van der Waals surface area (Å²) in [6.45, 7) is 2.21. The van der Waals surface area contributed by atoms with Crippen molar-refractivity contribution in [3.8, 4) is 6.01 Å². The summed E-state index contributed by atoms with van der Waals surface area (Å²) in [5.74, 6) is 0. The van der Waals surface area contributed by atoms with Crippen molar-refractivity contribution in [1.29, 1.82) is 0 Å². The summed E-state index contributed by atoms with van der Waals surface area (Å²) < 4.78 is 7.64. The van der Waals surface area contributed by atoms with E-state index in [0.29, 0.717) is 18.2 Å². The molecule has 2 aromatic rings. The Labute approximate surface area is 113 Å². The number of aromatic nitrogens is 2. The molecule has 0 aliphatic carbocycles. The Morgan fingerprint density at radius 3 is 2.83 bits per heavy atom. The molecule has 0 radical (unpaired) electrons. The number of methoxy groups -OCH3 is 1. The Kier molecular flexibility index (Phi) is 3.81. The van der Waals surface area contributed by atoms with Gasteiger partial charge in [-0.2, -0.15) is 0 Å². The van der Waals surface area contributed by atoms with Crippen LogP contribution in [0.3, 0.4) is 0 Å². The average molecular weight is 309 g/mol. The van der Waals surface area contributed by atoms with Gasteiger partial charge in [0, 0.05) is 16.2 Å². The molecule has 0 aliphatic heterocycles. The van der Waals surface area contributed by atoms with Gasteiger partial charge in [-0.3, -0.25) is 9.36 Å². The van der Waals surface area contributed by atoms with Crippen molar-refractivity contribution in [2.24, 2.45) is 0 Å². The molecule has 18 heavy (non-hydrogen) atoms. The molecule has 0 N–H and O–H groups in total. The molecule has 0 spiro atoms. The second-order valence-electron chi connectivity index (χ2n) is 3.94. The van der Waals surface area contributed by atoms with Gasteiger partial charge in [-0.15, -0.1) is 0 Å². The smallest absolute Gasteiger partial charge is 0.299 e. The van der Waals surface area contributed by atoms with Gasteiger partial charge in [0.05, 0.1) is 13.7 Å². The molecule has 2 rings (SSSR count). The average Bonchev–Trinajstić information content (AvgIpc) is 2.32. The summed E-state index contributed by atoms with van der Waals surface area (Å²) >= 11 is 3.41. The summed E-state index contributed by atoms with van der Waals surface area (Å²) in [5, 5.41) is 0. The van der Waals surface area contributed by atoms with Crippen molar-refractivity contribution in [3.05, 3.63) is 56.4 Å². The minimum atomic E-state index is -0.112. The van der Waals surface area contributed by atoms with Gasteiger partial charge in [0.25, 0.3) is 11.6 Å². The van der Waals surface area contributed by atoms with Crippen LogP contribution in [0.2, 0.25) is 0 Å². The van der Waals surface area contributed by atoms with Gasteiger partial charge in [-0.1, -0.05) is 28.1 Å². The molecule has 1 aromatic carbocycles. The molecule has 0 aliphatic rings. The highest BCUT2D eigenvalue weighted by molar-refractivity contribution is 9.10. The van der Waals surface area contributed by atoms with Crippen LogP contribution in [0.5, 0.6) is 6.01 Å². The summed E-state index contributed by atoms with van der Waals surface area (Å²) in [5.41, 5.74) is 1.55. The van der Waals surface area contributed by atoms with E-state index < -0.39 is 0 Å². The van der Waals surface area contributed by atoms with Crippen molar-refractivity contribution < 1.29 is 4.74 Å². The van der Waals surface area contributed by atoms with E-state index in [0.717, 1.165) is 10.0 Å². The number of aryl methyl sites for hydroxylation is 1. The first-order chi connectivity index (χ1) is 8.60. The first-order valence-electron chi connectivity index (χ1n) is 5.47. The zero-order valence-electron chi connectivity index (χ0n) is 10.2. The van der Waals surface area contributed by atoms with Gasteiger partial charge in [0.15, 0.2) is 0 Å². The van der Waals surface area contributed by atoms with Gasteiger partial charge in [0.1, 0.15) is 0 Å². The summed E-state index contributed by atoms with van der Waals surface area (Å²) in [6, 6.07) is 9.62. The first-order valence-corrected chi connectivity index (χ1v) is 6.26. The molecular weight excluding hydrogens is 296 g/mol. The molecular formula is C13H13BrN2O2. The lowest BCUT2D eigenvalue weighted by atomic mass is 10.2. The molecule has 94 valence electrons. The maximum atomic E-state index is 11.9. The lowest BCUT2D eigenvalue weighted by Crippen LogP contribution is -2.23. The van der Waals surface area contributed by atoms with E-state index in [1.165, 1.54) is 17.7 Å². The molecule has 0 atom stereocenters. The first kappa shape index (κ1) is 12.8. The van der Waals surface area contributed by atoms with Crippen LogP contribution in [-0.2, 0) is 6.54 Å². The predicted molar refractivity (Wildman–Crippen MR) is 73.0 cm³/mol. The topological polar surface area (TPSA) is 44.1 Å². The van der Waals surface area contributed by atoms with Gasteiger partial charge in [-0.05, 0) is 24.6 Å². The summed E-state index contributed by atoms with van der Waals surface area (Å²) in [6.07, 6.45) is 0. The number of nitrogens with zero attached hydrogens (tertiary/aromatic N) is 2. The molecule has 5 heteroatoms. The molecule has 0 unspecified atom stereocenters. The van der Waals surface area contributed by atoms with E-state index >= 15 is 0 Å². The molecule has 0 fully saturated rings. The fourth-order valence-corrected chi connectivity index (χ4v) is 2.16. The standard InChI is InChI=1S/C13H13BrN2O2/c1-9-6-12(17)16(13(15-9)18-2)8-10-4-3-5-11(14)7-10/h3-7H,8H2,1-2H3. The highest BCUT2D eigenvalue weighted by Crippen LogP contribution is 2.14. The number of benzene rings is 1. The third kappa shape index (κ3) is 2.79. The zero-order chi connectivity index (χ0) is 13.1. The number of rotatable bonds is 3. The number of ether oxygens (including phenoxy) is 1. The minimum Gasteiger partial charge on any atom is -0.468 e. The molecule has 0 amide bonds.